The Balaban J connectivity index is 1.48. The second kappa shape index (κ2) is 5.70. The van der Waals surface area contributed by atoms with Gasteiger partial charge in [0.05, 0.1) is 5.41 Å². The first-order valence-electron chi connectivity index (χ1n) is 8.04. The zero-order chi connectivity index (χ0) is 18.6. The number of rotatable bonds is 4. The van der Waals surface area contributed by atoms with E-state index >= 15 is 0 Å². The maximum absolute atomic E-state index is 12.8. The summed E-state index contributed by atoms with van der Waals surface area (Å²) in [5, 5.41) is 2.59. The molecule has 136 valence electrons. The van der Waals surface area contributed by atoms with Crippen molar-refractivity contribution >= 4 is 27.5 Å². The van der Waals surface area contributed by atoms with Gasteiger partial charge in [-0.3, -0.25) is 9.78 Å². The number of halogens is 4. The van der Waals surface area contributed by atoms with Crippen molar-refractivity contribution in [1.82, 2.24) is 4.98 Å². The standard InChI is InChI=1S/C18H14BrF3N2O2/c19-11-2-1-3-13(8-11)26-17-6-5-16(17,10-17)15(25)24-12-4-7-23-14(9-12)18(20,21)22/h1-4,7-9H,5-6,10H2,(H,23,24,25). The fraction of sp³-hybridized carbons (Fsp3) is 0.333. The molecule has 1 aromatic carbocycles. The normalized spacial score (nSPS) is 26.5. The summed E-state index contributed by atoms with van der Waals surface area (Å²) in [6.07, 6.45) is -1.55. The topological polar surface area (TPSA) is 51.2 Å². The Morgan fingerprint density at radius 3 is 2.69 bits per heavy atom. The van der Waals surface area contributed by atoms with Crippen LogP contribution in [0.25, 0.3) is 0 Å². The molecule has 4 rings (SSSR count). The average Bonchev–Trinajstić information content (AvgIpc) is 3.03. The van der Waals surface area contributed by atoms with Gasteiger partial charge in [0.25, 0.3) is 0 Å². The number of benzene rings is 1. The first-order valence-corrected chi connectivity index (χ1v) is 8.83. The minimum Gasteiger partial charge on any atom is -0.486 e. The van der Waals surface area contributed by atoms with E-state index in [-0.39, 0.29) is 11.6 Å². The number of pyridine rings is 1. The van der Waals surface area contributed by atoms with E-state index in [9.17, 15) is 18.0 Å². The Labute approximate surface area is 155 Å². The molecule has 1 amide bonds. The van der Waals surface area contributed by atoms with Gasteiger partial charge in [-0.05, 0) is 43.2 Å². The van der Waals surface area contributed by atoms with E-state index in [2.05, 4.69) is 26.2 Å². The predicted molar refractivity (Wildman–Crippen MR) is 91.7 cm³/mol. The van der Waals surface area contributed by atoms with Gasteiger partial charge >= 0.3 is 6.18 Å². The van der Waals surface area contributed by atoms with Crippen LogP contribution in [0.2, 0.25) is 0 Å². The Morgan fingerprint density at radius 1 is 1.23 bits per heavy atom. The molecule has 0 aliphatic heterocycles. The van der Waals surface area contributed by atoms with Crippen molar-refractivity contribution in [2.24, 2.45) is 5.41 Å². The van der Waals surface area contributed by atoms with Crippen molar-refractivity contribution < 1.29 is 22.7 Å². The Morgan fingerprint density at radius 2 is 2.04 bits per heavy atom. The summed E-state index contributed by atoms with van der Waals surface area (Å²) in [5.41, 5.74) is -2.18. The number of anilines is 1. The van der Waals surface area contributed by atoms with Crippen LogP contribution in [0.1, 0.15) is 25.0 Å². The minimum absolute atomic E-state index is 0.0851. The molecule has 1 heterocycles. The number of aromatic nitrogens is 1. The molecule has 2 saturated carbocycles. The lowest BCUT2D eigenvalue weighted by atomic mass is 9.80. The summed E-state index contributed by atoms with van der Waals surface area (Å²) in [6, 6.07) is 9.55. The largest absolute Gasteiger partial charge is 0.486 e. The lowest BCUT2D eigenvalue weighted by molar-refractivity contribution is -0.141. The summed E-state index contributed by atoms with van der Waals surface area (Å²) >= 11 is 3.38. The lowest BCUT2D eigenvalue weighted by Gasteiger charge is -2.34. The van der Waals surface area contributed by atoms with E-state index < -0.39 is 22.9 Å². The second-order valence-corrected chi connectivity index (χ2v) is 7.61. The van der Waals surface area contributed by atoms with Gasteiger partial charge in [0.2, 0.25) is 5.91 Å². The van der Waals surface area contributed by atoms with Gasteiger partial charge in [0, 0.05) is 22.8 Å². The number of nitrogens with one attached hydrogen (secondary N) is 1. The van der Waals surface area contributed by atoms with Crippen LogP contribution >= 0.6 is 15.9 Å². The summed E-state index contributed by atoms with van der Waals surface area (Å²) < 4.78 is 45.2. The second-order valence-electron chi connectivity index (χ2n) is 6.69. The molecule has 2 fully saturated rings. The van der Waals surface area contributed by atoms with Crippen LogP contribution in [0.4, 0.5) is 18.9 Å². The fourth-order valence-corrected chi connectivity index (χ4v) is 3.96. The first kappa shape index (κ1) is 17.3. The molecule has 4 nitrogen and oxygen atoms in total. The zero-order valence-electron chi connectivity index (χ0n) is 13.4. The van der Waals surface area contributed by atoms with E-state index in [0.717, 1.165) is 23.2 Å². The van der Waals surface area contributed by atoms with Gasteiger partial charge in [-0.15, -0.1) is 0 Å². The molecule has 2 unspecified atom stereocenters. The first-order chi connectivity index (χ1) is 12.2. The van der Waals surface area contributed by atoms with Gasteiger partial charge in [0.1, 0.15) is 17.0 Å². The van der Waals surface area contributed by atoms with Gasteiger partial charge in [-0.2, -0.15) is 13.2 Å². The van der Waals surface area contributed by atoms with E-state index in [1.807, 2.05) is 24.3 Å². The third-order valence-corrected chi connectivity index (χ3v) is 5.64. The van der Waals surface area contributed by atoms with Gasteiger partial charge in [-0.25, -0.2) is 0 Å². The summed E-state index contributed by atoms with van der Waals surface area (Å²) in [4.78, 5) is 16.0. The molecule has 2 aliphatic rings. The van der Waals surface area contributed by atoms with Crippen LogP contribution in [0, 0.1) is 5.41 Å². The SMILES string of the molecule is O=C(Nc1ccnc(C(F)(F)F)c1)C12CCC1(Oc1cccc(Br)c1)C2. The van der Waals surface area contributed by atoms with Crippen LogP contribution < -0.4 is 10.1 Å². The number of hydrogen-bond donors (Lipinski definition) is 1. The van der Waals surface area contributed by atoms with Crippen LogP contribution in [0.15, 0.2) is 47.1 Å². The van der Waals surface area contributed by atoms with Gasteiger partial charge < -0.3 is 10.1 Å². The Hall–Kier alpha value is -2.09. The number of carbonyl (C=O) groups is 1. The van der Waals surface area contributed by atoms with Crippen molar-refractivity contribution in [3.63, 3.8) is 0 Å². The maximum atomic E-state index is 12.8. The molecule has 0 spiro atoms. The predicted octanol–water partition coefficient (Wildman–Crippen LogP) is 4.80. The van der Waals surface area contributed by atoms with Crippen LogP contribution in [0.5, 0.6) is 5.75 Å². The summed E-state index contributed by atoms with van der Waals surface area (Å²) in [5.74, 6) is 0.357. The summed E-state index contributed by atoms with van der Waals surface area (Å²) in [6.45, 7) is 0. The smallest absolute Gasteiger partial charge is 0.433 e. The molecule has 1 aromatic heterocycles. The number of carbonyl (C=O) groups excluding carboxylic acids is 1. The third kappa shape index (κ3) is 2.76. The molecule has 0 bridgehead atoms. The highest BCUT2D eigenvalue weighted by atomic mass is 79.9. The fourth-order valence-electron chi connectivity index (χ4n) is 3.58. The number of alkyl halides is 3. The van der Waals surface area contributed by atoms with Crippen LogP contribution in [0.3, 0.4) is 0 Å². The minimum atomic E-state index is -4.55. The average molecular weight is 427 g/mol. The van der Waals surface area contributed by atoms with Gasteiger partial charge in [-0.1, -0.05) is 22.0 Å². The van der Waals surface area contributed by atoms with Gasteiger partial charge in [0.15, 0.2) is 0 Å². The number of ether oxygens (including phenoxy) is 1. The van der Waals surface area contributed by atoms with Crippen molar-refractivity contribution in [2.45, 2.75) is 31.0 Å². The molecule has 2 aliphatic carbocycles. The highest BCUT2D eigenvalue weighted by Gasteiger charge is 2.80. The summed E-state index contributed by atoms with van der Waals surface area (Å²) in [7, 11) is 0. The number of hydrogen-bond acceptors (Lipinski definition) is 3. The number of amides is 1. The Bertz CT molecular complexity index is 889. The molecule has 0 saturated heterocycles. The monoisotopic (exact) mass is 426 g/mol. The van der Waals surface area contributed by atoms with Crippen molar-refractivity contribution in [3.05, 3.63) is 52.8 Å². The molecule has 2 aromatic rings. The van der Waals surface area contributed by atoms with E-state index in [0.29, 0.717) is 18.6 Å². The molecular formula is C18H14BrF3N2O2. The quantitative estimate of drug-likeness (QED) is 0.763. The highest BCUT2D eigenvalue weighted by molar-refractivity contribution is 9.10. The number of fused-ring (bicyclic) bond motifs is 1. The molecule has 1 N–H and O–H groups in total. The van der Waals surface area contributed by atoms with E-state index in [1.54, 1.807) is 0 Å². The zero-order valence-corrected chi connectivity index (χ0v) is 15.0. The Kier molecular flexibility index (Phi) is 3.80. The van der Waals surface area contributed by atoms with Crippen LogP contribution in [-0.4, -0.2) is 16.5 Å². The van der Waals surface area contributed by atoms with E-state index in [4.69, 9.17) is 4.74 Å². The third-order valence-electron chi connectivity index (χ3n) is 5.14. The molecule has 26 heavy (non-hydrogen) atoms. The van der Waals surface area contributed by atoms with Crippen LogP contribution in [-0.2, 0) is 11.0 Å². The van der Waals surface area contributed by atoms with Crippen molar-refractivity contribution in [2.75, 3.05) is 5.32 Å². The molecular weight excluding hydrogens is 413 g/mol. The maximum Gasteiger partial charge on any atom is 0.433 e. The van der Waals surface area contributed by atoms with Crippen molar-refractivity contribution in [3.8, 4) is 5.75 Å². The van der Waals surface area contributed by atoms with E-state index in [1.165, 1.54) is 6.07 Å². The number of nitrogens with zero attached hydrogens (tertiary/aromatic N) is 1. The highest BCUT2D eigenvalue weighted by Crippen LogP contribution is 2.72. The van der Waals surface area contributed by atoms with Crippen molar-refractivity contribution in [1.29, 1.82) is 0 Å². The molecule has 8 heteroatoms. The lowest BCUT2D eigenvalue weighted by Crippen LogP contribution is -2.44. The molecule has 2 atom stereocenters. The molecule has 0 radical (unpaired) electrons.